The van der Waals surface area contributed by atoms with Crippen LogP contribution in [0.2, 0.25) is 0 Å². The average Bonchev–Trinajstić information content (AvgIpc) is 2.80. The standard InChI is InChI=1S/C13H11NOS/c15-12-10-6-7-16-13(10)14-8-11(12)9-4-2-1-3-5-9/h1-7,14-15H,8H2. The van der Waals surface area contributed by atoms with Gasteiger partial charge in [0.2, 0.25) is 0 Å². The molecule has 1 aliphatic rings. The van der Waals surface area contributed by atoms with Crippen LogP contribution in [0, 0.1) is 0 Å². The van der Waals surface area contributed by atoms with Gasteiger partial charge < -0.3 is 10.4 Å². The van der Waals surface area contributed by atoms with Crippen LogP contribution in [-0.2, 0) is 0 Å². The maximum Gasteiger partial charge on any atom is 0.131 e. The van der Waals surface area contributed by atoms with Gasteiger partial charge in [0.1, 0.15) is 5.76 Å². The Balaban J connectivity index is 2.13. The van der Waals surface area contributed by atoms with E-state index in [1.807, 2.05) is 41.8 Å². The molecule has 2 aromatic rings. The first-order valence-electron chi connectivity index (χ1n) is 5.15. The molecule has 3 rings (SSSR count). The summed E-state index contributed by atoms with van der Waals surface area (Å²) < 4.78 is 0. The van der Waals surface area contributed by atoms with Gasteiger partial charge in [0.15, 0.2) is 0 Å². The van der Waals surface area contributed by atoms with Crippen molar-refractivity contribution in [3.63, 3.8) is 0 Å². The summed E-state index contributed by atoms with van der Waals surface area (Å²) in [5.74, 6) is 0.404. The Bertz CT molecular complexity index is 542. The predicted molar refractivity (Wildman–Crippen MR) is 68.7 cm³/mol. The van der Waals surface area contributed by atoms with E-state index in [9.17, 15) is 5.11 Å². The molecule has 0 atom stereocenters. The molecule has 2 N–H and O–H groups in total. The number of rotatable bonds is 1. The zero-order chi connectivity index (χ0) is 11.0. The van der Waals surface area contributed by atoms with E-state index in [4.69, 9.17) is 0 Å². The van der Waals surface area contributed by atoms with Crippen LogP contribution in [0.5, 0.6) is 0 Å². The summed E-state index contributed by atoms with van der Waals surface area (Å²) in [4.78, 5) is 0. The largest absolute Gasteiger partial charge is 0.507 e. The first-order chi connectivity index (χ1) is 7.86. The van der Waals surface area contributed by atoms with Crippen LogP contribution in [0.25, 0.3) is 11.3 Å². The third kappa shape index (κ3) is 1.41. The molecule has 2 heterocycles. The monoisotopic (exact) mass is 229 g/mol. The van der Waals surface area contributed by atoms with E-state index in [1.165, 1.54) is 0 Å². The fourth-order valence-electron chi connectivity index (χ4n) is 1.93. The van der Waals surface area contributed by atoms with E-state index in [0.717, 1.165) is 21.7 Å². The summed E-state index contributed by atoms with van der Waals surface area (Å²) in [7, 11) is 0. The number of aliphatic hydroxyl groups is 1. The number of nitrogens with one attached hydrogen (secondary N) is 1. The van der Waals surface area contributed by atoms with Crippen molar-refractivity contribution in [2.75, 3.05) is 11.9 Å². The second kappa shape index (κ2) is 3.68. The number of fused-ring (bicyclic) bond motifs is 1. The van der Waals surface area contributed by atoms with Gasteiger partial charge in [0.25, 0.3) is 0 Å². The summed E-state index contributed by atoms with van der Waals surface area (Å²) in [6.45, 7) is 0.684. The molecule has 0 unspecified atom stereocenters. The van der Waals surface area contributed by atoms with Crippen molar-refractivity contribution in [1.29, 1.82) is 0 Å². The van der Waals surface area contributed by atoms with E-state index in [-0.39, 0.29) is 0 Å². The minimum Gasteiger partial charge on any atom is -0.507 e. The van der Waals surface area contributed by atoms with E-state index >= 15 is 0 Å². The first-order valence-corrected chi connectivity index (χ1v) is 6.03. The highest BCUT2D eigenvalue weighted by molar-refractivity contribution is 7.14. The molecule has 0 saturated carbocycles. The predicted octanol–water partition coefficient (Wildman–Crippen LogP) is 3.60. The molecule has 2 nitrogen and oxygen atoms in total. The van der Waals surface area contributed by atoms with Gasteiger partial charge in [0.05, 0.1) is 10.6 Å². The normalized spacial score (nSPS) is 14.5. The van der Waals surface area contributed by atoms with Crippen molar-refractivity contribution in [2.45, 2.75) is 0 Å². The Hall–Kier alpha value is -1.74. The molecule has 16 heavy (non-hydrogen) atoms. The number of hydrogen-bond donors (Lipinski definition) is 2. The Labute approximate surface area is 97.9 Å². The maximum atomic E-state index is 10.2. The van der Waals surface area contributed by atoms with Gasteiger partial charge in [-0.3, -0.25) is 0 Å². The highest BCUT2D eigenvalue weighted by atomic mass is 32.1. The second-order valence-corrected chi connectivity index (χ2v) is 4.63. The van der Waals surface area contributed by atoms with Crippen LogP contribution < -0.4 is 5.32 Å². The lowest BCUT2D eigenvalue weighted by Gasteiger charge is -2.18. The highest BCUT2D eigenvalue weighted by Gasteiger charge is 2.19. The molecule has 0 spiro atoms. The molecule has 1 aromatic carbocycles. The number of benzene rings is 1. The van der Waals surface area contributed by atoms with E-state index in [0.29, 0.717) is 12.3 Å². The minimum absolute atomic E-state index is 0.404. The summed E-state index contributed by atoms with van der Waals surface area (Å²) >= 11 is 1.62. The van der Waals surface area contributed by atoms with Gasteiger partial charge in [-0.05, 0) is 17.0 Å². The van der Waals surface area contributed by atoms with Gasteiger partial charge in [0, 0.05) is 12.1 Å². The smallest absolute Gasteiger partial charge is 0.131 e. The molecular formula is C13H11NOS. The zero-order valence-corrected chi connectivity index (χ0v) is 9.42. The van der Waals surface area contributed by atoms with Crippen molar-refractivity contribution >= 4 is 27.7 Å². The van der Waals surface area contributed by atoms with Gasteiger partial charge >= 0.3 is 0 Å². The summed E-state index contributed by atoms with van der Waals surface area (Å²) in [6.07, 6.45) is 0. The quantitative estimate of drug-likeness (QED) is 0.783. The lowest BCUT2D eigenvalue weighted by atomic mass is 10.00. The Morgan fingerprint density at radius 3 is 2.75 bits per heavy atom. The molecule has 0 radical (unpaired) electrons. The number of hydrogen-bond acceptors (Lipinski definition) is 3. The zero-order valence-electron chi connectivity index (χ0n) is 8.60. The van der Waals surface area contributed by atoms with E-state index in [2.05, 4.69) is 5.32 Å². The molecule has 1 aliphatic heterocycles. The minimum atomic E-state index is 0.404. The lowest BCUT2D eigenvalue weighted by molar-refractivity contribution is 0.512. The first kappa shape index (κ1) is 9.48. The van der Waals surface area contributed by atoms with Crippen LogP contribution >= 0.6 is 11.3 Å². The summed E-state index contributed by atoms with van der Waals surface area (Å²) in [5.41, 5.74) is 2.95. The lowest BCUT2D eigenvalue weighted by Crippen LogP contribution is -2.11. The number of aliphatic hydroxyl groups excluding tert-OH is 1. The molecule has 80 valence electrons. The summed E-state index contributed by atoms with van der Waals surface area (Å²) in [6, 6.07) is 11.9. The second-order valence-electron chi connectivity index (χ2n) is 3.71. The van der Waals surface area contributed by atoms with Gasteiger partial charge in [-0.25, -0.2) is 0 Å². The molecule has 0 saturated heterocycles. The summed E-state index contributed by atoms with van der Waals surface area (Å²) in [5, 5.41) is 16.6. The highest BCUT2D eigenvalue weighted by Crippen LogP contribution is 2.36. The number of thiophene rings is 1. The maximum absolute atomic E-state index is 10.2. The van der Waals surface area contributed by atoms with Crippen LogP contribution in [0.1, 0.15) is 11.1 Å². The fraction of sp³-hybridized carbons (Fsp3) is 0.0769. The van der Waals surface area contributed by atoms with Gasteiger partial charge in [-0.1, -0.05) is 30.3 Å². The van der Waals surface area contributed by atoms with Crippen LogP contribution in [0.4, 0.5) is 5.00 Å². The fourth-order valence-corrected chi connectivity index (χ4v) is 2.71. The Morgan fingerprint density at radius 1 is 1.12 bits per heavy atom. The van der Waals surface area contributed by atoms with Crippen molar-refractivity contribution in [3.05, 3.63) is 52.9 Å². The van der Waals surface area contributed by atoms with Gasteiger partial charge in [-0.2, -0.15) is 0 Å². The van der Waals surface area contributed by atoms with Crippen LogP contribution in [-0.4, -0.2) is 11.7 Å². The SMILES string of the molecule is OC1=C(c2ccccc2)CNc2sccc21. The van der Waals surface area contributed by atoms with Crippen LogP contribution in [0.15, 0.2) is 41.8 Å². The van der Waals surface area contributed by atoms with Crippen LogP contribution in [0.3, 0.4) is 0 Å². The molecule has 0 fully saturated rings. The van der Waals surface area contributed by atoms with Crippen molar-refractivity contribution in [1.82, 2.24) is 0 Å². The Kier molecular flexibility index (Phi) is 2.18. The van der Waals surface area contributed by atoms with Gasteiger partial charge in [-0.15, -0.1) is 11.3 Å². The number of anilines is 1. The van der Waals surface area contributed by atoms with Crippen molar-refractivity contribution in [2.24, 2.45) is 0 Å². The van der Waals surface area contributed by atoms with Crippen molar-refractivity contribution in [3.8, 4) is 0 Å². The third-order valence-electron chi connectivity index (χ3n) is 2.75. The molecule has 0 aliphatic carbocycles. The van der Waals surface area contributed by atoms with E-state index < -0.39 is 0 Å². The molecule has 3 heteroatoms. The third-order valence-corrected chi connectivity index (χ3v) is 3.63. The topological polar surface area (TPSA) is 32.3 Å². The average molecular weight is 229 g/mol. The molecule has 0 bridgehead atoms. The van der Waals surface area contributed by atoms with Crippen molar-refractivity contribution < 1.29 is 5.11 Å². The Morgan fingerprint density at radius 2 is 1.94 bits per heavy atom. The molecule has 1 aromatic heterocycles. The molecular weight excluding hydrogens is 218 g/mol. The van der Waals surface area contributed by atoms with E-state index in [1.54, 1.807) is 11.3 Å². The molecule has 0 amide bonds.